The third-order valence-corrected chi connectivity index (χ3v) is 6.46. The van der Waals surface area contributed by atoms with Gasteiger partial charge >= 0.3 is 0 Å². The average molecular weight is 515 g/mol. The fourth-order valence-electron chi connectivity index (χ4n) is 2.70. The lowest BCUT2D eigenvalue weighted by Gasteiger charge is -2.12. The van der Waals surface area contributed by atoms with E-state index >= 15 is 0 Å². The van der Waals surface area contributed by atoms with Gasteiger partial charge in [-0.15, -0.1) is 0 Å². The molecular formula is C23H16Cl2N4O4S. The van der Waals surface area contributed by atoms with Gasteiger partial charge in [0.2, 0.25) is 0 Å². The number of sulfonamides is 1. The molecule has 0 fully saturated rings. The van der Waals surface area contributed by atoms with Crippen LogP contribution in [0.2, 0.25) is 10.0 Å². The second-order valence-corrected chi connectivity index (χ2v) is 9.24. The number of benzene rings is 3. The summed E-state index contributed by atoms with van der Waals surface area (Å²) in [7, 11) is -4.14. The monoisotopic (exact) mass is 514 g/mol. The van der Waals surface area contributed by atoms with Crippen molar-refractivity contribution in [1.82, 2.24) is 10.9 Å². The highest BCUT2D eigenvalue weighted by molar-refractivity contribution is 7.92. The Bertz CT molecular complexity index is 1400. The van der Waals surface area contributed by atoms with Gasteiger partial charge in [0.15, 0.2) is 0 Å². The highest BCUT2D eigenvalue weighted by atomic mass is 35.5. The first-order valence-corrected chi connectivity index (χ1v) is 11.8. The summed E-state index contributed by atoms with van der Waals surface area (Å²) in [5, 5.41) is 9.56. The van der Waals surface area contributed by atoms with Crippen LogP contribution in [0.15, 0.2) is 83.3 Å². The molecule has 0 atom stereocenters. The zero-order valence-corrected chi connectivity index (χ0v) is 19.6. The lowest BCUT2D eigenvalue weighted by Crippen LogP contribution is -2.42. The molecule has 0 radical (unpaired) electrons. The van der Waals surface area contributed by atoms with Gasteiger partial charge in [0.25, 0.3) is 21.8 Å². The van der Waals surface area contributed by atoms with Gasteiger partial charge in [-0.3, -0.25) is 25.2 Å². The third-order valence-electron chi connectivity index (χ3n) is 4.34. The Morgan fingerprint density at radius 2 is 1.59 bits per heavy atom. The number of carbonyl (C=O) groups is 2. The number of hydrogen-bond acceptors (Lipinski definition) is 5. The minimum Gasteiger partial charge on any atom is -0.280 e. The van der Waals surface area contributed by atoms with Crippen molar-refractivity contribution >= 4 is 56.8 Å². The van der Waals surface area contributed by atoms with E-state index in [0.29, 0.717) is 10.6 Å². The van der Waals surface area contributed by atoms with Crippen LogP contribution in [0, 0.1) is 11.3 Å². The first kappa shape index (κ1) is 24.8. The maximum absolute atomic E-state index is 12.8. The largest absolute Gasteiger partial charge is 0.280 e. The van der Waals surface area contributed by atoms with Crippen LogP contribution in [0.5, 0.6) is 0 Å². The van der Waals surface area contributed by atoms with Gasteiger partial charge in [0, 0.05) is 16.3 Å². The SMILES string of the molecule is N#C/C(=C\c1ccccc1)C(=O)NNC(=O)c1ccc(Cl)c(S(=O)(=O)Nc2ccc(Cl)cc2)c1. The van der Waals surface area contributed by atoms with E-state index < -0.39 is 21.8 Å². The van der Waals surface area contributed by atoms with Gasteiger partial charge in [0.1, 0.15) is 16.5 Å². The first-order chi connectivity index (χ1) is 16.2. The normalized spacial score (nSPS) is 11.3. The van der Waals surface area contributed by atoms with E-state index in [1.807, 2.05) is 0 Å². The van der Waals surface area contributed by atoms with Crippen LogP contribution < -0.4 is 15.6 Å². The van der Waals surface area contributed by atoms with Crippen LogP contribution in [0.1, 0.15) is 15.9 Å². The molecule has 0 aliphatic carbocycles. The summed E-state index contributed by atoms with van der Waals surface area (Å²) in [6.07, 6.45) is 1.36. The third kappa shape index (κ3) is 6.36. The van der Waals surface area contributed by atoms with Crippen molar-refractivity contribution in [2.24, 2.45) is 0 Å². The van der Waals surface area contributed by atoms with Crippen LogP contribution in [0.3, 0.4) is 0 Å². The molecule has 0 aliphatic rings. The Balaban J connectivity index is 1.74. The number of hydrogen-bond donors (Lipinski definition) is 3. The van der Waals surface area contributed by atoms with Crippen LogP contribution in [0.4, 0.5) is 5.69 Å². The summed E-state index contributed by atoms with van der Waals surface area (Å²) in [5.74, 6) is -1.66. The Kier molecular flexibility index (Phi) is 7.91. The number of halogens is 2. The number of hydrazine groups is 1. The van der Waals surface area contributed by atoms with Crippen molar-refractivity contribution in [3.8, 4) is 6.07 Å². The van der Waals surface area contributed by atoms with Crippen LogP contribution in [0.25, 0.3) is 6.08 Å². The van der Waals surface area contributed by atoms with Crippen molar-refractivity contribution < 1.29 is 18.0 Å². The van der Waals surface area contributed by atoms with Crippen LogP contribution in [-0.2, 0) is 14.8 Å². The smallest absolute Gasteiger partial charge is 0.280 e. The molecule has 172 valence electrons. The topological polar surface area (TPSA) is 128 Å². The minimum atomic E-state index is -4.14. The quantitative estimate of drug-likeness (QED) is 0.258. The van der Waals surface area contributed by atoms with Crippen LogP contribution >= 0.6 is 23.2 Å². The van der Waals surface area contributed by atoms with Gasteiger partial charge in [-0.25, -0.2) is 8.42 Å². The van der Waals surface area contributed by atoms with Gasteiger partial charge < -0.3 is 0 Å². The number of nitrogens with one attached hydrogen (secondary N) is 3. The number of nitrogens with zero attached hydrogens (tertiary/aromatic N) is 1. The summed E-state index contributed by atoms with van der Waals surface area (Å²) in [6, 6.07) is 20.0. The summed E-state index contributed by atoms with van der Waals surface area (Å²) >= 11 is 11.9. The van der Waals surface area contributed by atoms with E-state index in [9.17, 15) is 23.3 Å². The lowest BCUT2D eigenvalue weighted by molar-refractivity contribution is -0.117. The zero-order valence-electron chi connectivity index (χ0n) is 17.2. The number of rotatable bonds is 6. The maximum atomic E-state index is 12.8. The predicted octanol–water partition coefficient (Wildman–Crippen LogP) is 4.16. The summed E-state index contributed by atoms with van der Waals surface area (Å²) in [4.78, 5) is 24.4. The van der Waals surface area contributed by atoms with Crippen molar-refractivity contribution in [3.63, 3.8) is 0 Å². The molecule has 0 aliphatic heterocycles. The predicted molar refractivity (Wildman–Crippen MR) is 129 cm³/mol. The molecule has 3 aromatic carbocycles. The average Bonchev–Trinajstić information content (AvgIpc) is 2.83. The maximum Gasteiger partial charge on any atom is 0.280 e. The van der Waals surface area contributed by atoms with Crippen molar-refractivity contribution in [1.29, 1.82) is 5.26 Å². The van der Waals surface area contributed by atoms with Gasteiger partial charge in [-0.2, -0.15) is 5.26 Å². The van der Waals surface area contributed by atoms with E-state index in [4.69, 9.17) is 23.2 Å². The van der Waals surface area contributed by atoms with Crippen molar-refractivity contribution in [3.05, 3.63) is 99.5 Å². The fraction of sp³-hybridized carbons (Fsp3) is 0. The number of amides is 2. The Labute approximate surface area is 205 Å². The standard InChI is InChI=1S/C23H16Cl2N4O4S/c24-18-7-9-19(10-8-18)29-34(32,33)21-13-16(6-11-20(21)25)22(30)27-28-23(31)17(14-26)12-15-4-2-1-3-5-15/h1-13,29H,(H,27,30)(H,28,31)/b17-12+. The van der Waals surface area contributed by atoms with Gasteiger partial charge in [-0.05, 0) is 54.1 Å². The molecule has 0 spiro atoms. The second-order valence-electron chi connectivity index (χ2n) is 6.75. The van der Waals surface area contributed by atoms with E-state index in [0.717, 1.165) is 6.07 Å². The molecule has 8 nitrogen and oxygen atoms in total. The summed E-state index contributed by atoms with van der Waals surface area (Å²) in [5.41, 5.74) is 4.82. The highest BCUT2D eigenvalue weighted by Gasteiger charge is 2.21. The molecule has 0 bridgehead atoms. The molecule has 0 aromatic heterocycles. The Morgan fingerprint density at radius 3 is 2.24 bits per heavy atom. The Morgan fingerprint density at radius 1 is 0.912 bits per heavy atom. The van der Waals surface area contributed by atoms with E-state index in [2.05, 4.69) is 15.6 Å². The van der Waals surface area contributed by atoms with E-state index in [1.165, 1.54) is 42.5 Å². The molecule has 3 rings (SSSR count). The molecule has 34 heavy (non-hydrogen) atoms. The molecule has 3 aromatic rings. The molecular weight excluding hydrogens is 499 g/mol. The lowest BCUT2D eigenvalue weighted by atomic mass is 10.1. The first-order valence-electron chi connectivity index (χ1n) is 9.55. The van der Waals surface area contributed by atoms with Gasteiger partial charge in [0.05, 0.1) is 5.02 Å². The molecule has 3 N–H and O–H groups in total. The number of carbonyl (C=O) groups excluding carboxylic acids is 2. The molecule has 11 heteroatoms. The second kappa shape index (κ2) is 10.9. The highest BCUT2D eigenvalue weighted by Crippen LogP contribution is 2.25. The molecule has 2 amide bonds. The van der Waals surface area contributed by atoms with Crippen molar-refractivity contribution in [2.75, 3.05) is 4.72 Å². The Hall–Kier alpha value is -3.84. The summed E-state index contributed by atoms with van der Waals surface area (Å²) < 4.78 is 27.9. The number of anilines is 1. The molecule has 0 unspecified atom stereocenters. The zero-order chi connectivity index (χ0) is 24.7. The van der Waals surface area contributed by atoms with Crippen LogP contribution in [-0.4, -0.2) is 20.2 Å². The fourth-order valence-corrected chi connectivity index (χ4v) is 4.41. The van der Waals surface area contributed by atoms with Gasteiger partial charge in [-0.1, -0.05) is 53.5 Å². The van der Waals surface area contributed by atoms with E-state index in [1.54, 1.807) is 36.4 Å². The molecule has 0 saturated carbocycles. The molecule has 0 saturated heterocycles. The number of nitriles is 1. The van der Waals surface area contributed by atoms with E-state index in [-0.39, 0.29) is 26.7 Å². The van der Waals surface area contributed by atoms with Crippen molar-refractivity contribution in [2.45, 2.75) is 4.90 Å². The minimum absolute atomic E-state index is 0.0910. The molecule has 0 heterocycles. The summed E-state index contributed by atoms with van der Waals surface area (Å²) in [6.45, 7) is 0.